The van der Waals surface area contributed by atoms with Crippen molar-refractivity contribution < 1.29 is 0 Å². The van der Waals surface area contributed by atoms with Crippen LogP contribution in [0.25, 0.3) is 21.9 Å². The van der Waals surface area contributed by atoms with Crippen LogP contribution in [0.4, 0.5) is 5.82 Å². The molecule has 0 bridgehead atoms. The van der Waals surface area contributed by atoms with Gasteiger partial charge in [0.15, 0.2) is 5.82 Å². The summed E-state index contributed by atoms with van der Waals surface area (Å²) in [6.07, 6.45) is 5.97. The van der Waals surface area contributed by atoms with Crippen molar-refractivity contribution in [2.45, 2.75) is 59.0 Å². The third-order valence-corrected chi connectivity index (χ3v) is 6.59. The Hall–Kier alpha value is -2.92. The number of nitrogen functional groups attached to an aromatic ring is 1. The smallest absolute Gasteiger partial charge is 0.152 e. The molecule has 32 heavy (non-hydrogen) atoms. The van der Waals surface area contributed by atoms with E-state index in [1.54, 1.807) is 0 Å². The number of imidazole rings is 1. The quantitative estimate of drug-likeness (QED) is 0.377. The van der Waals surface area contributed by atoms with Crippen LogP contribution in [0.1, 0.15) is 55.1 Å². The van der Waals surface area contributed by atoms with Gasteiger partial charge in [-0.1, -0.05) is 49.7 Å². The fraction of sp³-hybridized carbons (Fsp3) is 0.407. The minimum atomic E-state index is 0.520. The molecule has 0 amide bonds. The number of nitrogens with one attached hydrogen (secondary N) is 1. The zero-order chi connectivity index (χ0) is 22.1. The van der Waals surface area contributed by atoms with E-state index in [1.165, 1.54) is 29.5 Å². The summed E-state index contributed by atoms with van der Waals surface area (Å²) in [5.41, 5.74) is 13.1. The standard InChI is InChI=1S/C27H33N5/c1-3-4-8-23-31-25-26(24-18(2)6-5-7-22(24)30-27(25)28)32(23)17-21-13-11-20(12-14-21)16-29-15-19-9-10-19/h5-7,11-14,19,29H,3-4,8-10,15-17H2,1-2H3,(H2,28,30). The van der Waals surface area contributed by atoms with Crippen LogP contribution in [0.2, 0.25) is 0 Å². The van der Waals surface area contributed by atoms with E-state index >= 15 is 0 Å². The molecule has 2 aromatic carbocycles. The number of pyridine rings is 1. The van der Waals surface area contributed by atoms with Crippen LogP contribution in [0, 0.1) is 12.8 Å². The molecule has 3 N–H and O–H groups in total. The Morgan fingerprint density at radius 2 is 1.84 bits per heavy atom. The molecule has 0 radical (unpaired) electrons. The van der Waals surface area contributed by atoms with E-state index < -0.39 is 0 Å². The average molecular weight is 428 g/mol. The second-order valence-electron chi connectivity index (χ2n) is 9.27. The van der Waals surface area contributed by atoms with Gasteiger partial charge in [-0.2, -0.15) is 0 Å². The van der Waals surface area contributed by atoms with Crippen LogP contribution >= 0.6 is 0 Å². The van der Waals surface area contributed by atoms with Crippen molar-refractivity contribution in [1.29, 1.82) is 0 Å². The fourth-order valence-corrected chi connectivity index (χ4v) is 4.55. The second kappa shape index (κ2) is 8.91. The lowest BCUT2D eigenvalue weighted by Gasteiger charge is -2.13. The van der Waals surface area contributed by atoms with Crippen LogP contribution in [-0.2, 0) is 19.5 Å². The highest BCUT2D eigenvalue weighted by molar-refractivity contribution is 6.08. The van der Waals surface area contributed by atoms with Crippen LogP contribution in [0.15, 0.2) is 42.5 Å². The number of hydrogen-bond donors (Lipinski definition) is 2. The summed E-state index contributed by atoms with van der Waals surface area (Å²) >= 11 is 0. The van der Waals surface area contributed by atoms with E-state index in [2.05, 4.69) is 59.0 Å². The Bertz CT molecular complexity index is 1230. The molecule has 166 valence electrons. The minimum absolute atomic E-state index is 0.520. The maximum Gasteiger partial charge on any atom is 0.152 e. The molecular weight excluding hydrogens is 394 g/mol. The molecule has 1 fully saturated rings. The lowest BCUT2D eigenvalue weighted by atomic mass is 10.1. The summed E-state index contributed by atoms with van der Waals surface area (Å²) in [5, 5.41) is 4.74. The Morgan fingerprint density at radius 3 is 2.59 bits per heavy atom. The Balaban J connectivity index is 1.51. The van der Waals surface area contributed by atoms with Gasteiger partial charge in [0.25, 0.3) is 0 Å². The molecule has 2 aromatic heterocycles. The highest BCUT2D eigenvalue weighted by atomic mass is 15.1. The van der Waals surface area contributed by atoms with Crippen LogP contribution < -0.4 is 11.1 Å². The second-order valence-corrected chi connectivity index (χ2v) is 9.27. The molecular formula is C27H33N5. The van der Waals surface area contributed by atoms with Crippen molar-refractivity contribution >= 4 is 27.8 Å². The highest BCUT2D eigenvalue weighted by Crippen LogP contribution is 2.32. The van der Waals surface area contributed by atoms with E-state index in [0.29, 0.717) is 5.82 Å². The molecule has 1 aliphatic rings. The number of benzene rings is 2. The van der Waals surface area contributed by atoms with Crippen molar-refractivity contribution in [2.75, 3.05) is 12.3 Å². The van der Waals surface area contributed by atoms with Crippen LogP contribution in [0.3, 0.4) is 0 Å². The first-order valence-corrected chi connectivity index (χ1v) is 12.0. The highest BCUT2D eigenvalue weighted by Gasteiger charge is 2.20. The summed E-state index contributed by atoms with van der Waals surface area (Å²) in [7, 11) is 0. The molecule has 0 atom stereocenters. The van der Waals surface area contributed by atoms with Crippen LogP contribution in [-0.4, -0.2) is 21.1 Å². The molecule has 0 saturated heterocycles. The number of hydrogen-bond acceptors (Lipinski definition) is 4. The number of rotatable bonds is 9. The number of unbranched alkanes of at least 4 members (excludes halogenated alkanes) is 1. The van der Waals surface area contributed by atoms with E-state index in [4.69, 9.17) is 10.7 Å². The van der Waals surface area contributed by atoms with E-state index in [9.17, 15) is 0 Å². The predicted molar refractivity (Wildman–Crippen MR) is 133 cm³/mol. The molecule has 0 unspecified atom stereocenters. The van der Waals surface area contributed by atoms with Gasteiger partial charge in [0.1, 0.15) is 11.3 Å². The maximum atomic E-state index is 6.37. The van der Waals surface area contributed by atoms with Gasteiger partial charge in [-0.25, -0.2) is 9.97 Å². The maximum absolute atomic E-state index is 6.37. The molecule has 5 nitrogen and oxygen atoms in total. The first kappa shape index (κ1) is 21.0. The van der Waals surface area contributed by atoms with E-state index in [0.717, 1.165) is 72.6 Å². The van der Waals surface area contributed by atoms with E-state index in [1.807, 2.05) is 12.1 Å². The average Bonchev–Trinajstić information content (AvgIpc) is 3.54. The van der Waals surface area contributed by atoms with Gasteiger partial charge in [0.05, 0.1) is 11.0 Å². The van der Waals surface area contributed by atoms with Crippen molar-refractivity contribution in [3.63, 3.8) is 0 Å². The molecule has 4 aromatic rings. The van der Waals surface area contributed by atoms with E-state index in [-0.39, 0.29) is 0 Å². The first-order valence-electron chi connectivity index (χ1n) is 12.0. The van der Waals surface area contributed by atoms with Crippen molar-refractivity contribution in [3.05, 3.63) is 65.0 Å². The van der Waals surface area contributed by atoms with Crippen molar-refractivity contribution in [3.8, 4) is 0 Å². The lowest BCUT2D eigenvalue weighted by molar-refractivity contribution is 0.638. The predicted octanol–water partition coefficient (Wildman–Crippen LogP) is 5.37. The monoisotopic (exact) mass is 427 g/mol. The normalized spacial score (nSPS) is 13.9. The lowest BCUT2D eigenvalue weighted by Crippen LogP contribution is -2.16. The number of nitrogens with zero attached hydrogens (tertiary/aromatic N) is 3. The molecule has 5 rings (SSSR count). The van der Waals surface area contributed by atoms with Gasteiger partial charge in [-0.05, 0) is 61.4 Å². The molecule has 0 aliphatic heterocycles. The van der Waals surface area contributed by atoms with Gasteiger partial charge in [0, 0.05) is 24.9 Å². The molecule has 0 spiro atoms. The number of aromatic nitrogens is 3. The minimum Gasteiger partial charge on any atom is -0.382 e. The van der Waals surface area contributed by atoms with Gasteiger partial charge in [0.2, 0.25) is 0 Å². The summed E-state index contributed by atoms with van der Waals surface area (Å²) in [6, 6.07) is 15.2. The molecule has 1 aliphatic carbocycles. The SMILES string of the molecule is CCCCc1nc2c(N)nc3cccc(C)c3c2n1Cc1ccc(CNCC2CC2)cc1. The molecule has 1 saturated carbocycles. The fourth-order valence-electron chi connectivity index (χ4n) is 4.55. The zero-order valence-electron chi connectivity index (χ0n) is 19.2. The van der Waals surface area contributed by atoms with Crippen molar-refractivity contribution in [1.82, 2.24) is 19.9 Å². The Morgan fingerprint density at radius 1 is 1.06 bits per heavy atom. The van der Waals surface area contributed by atoms with Gasteiger partial charge >= 0.3 is 0 Å². The number of nitrogens with two attached hydrogens (primary N) is 1. The van der Waals surface area contributed by atoms with Gasteiger partial charge < -0.3 is 15.6 Å². The largest absolute Gasteiger partial charge is 0.382 e. The Labute approximate surface area is 190 Å². The number of aryl methyl sites for hydroxylation is 2. The summed E-state index contributed by atoms with van der Waals surface area (Å²) in [5.74, 6) is 2.53. The third kappa shape index (κ3) is 4.22. The Kier molecular flexibility index (Phi) is 5.83. The van der Waals surface area contributed by atoms with Crippen LogP contribution in [0.5, 0.6) is 0 Å². The van der Waals surface area contributed by atoms with Gasteiger partial charge in [-0.15, -0.1) is 0 Å². The molecule has 2 heterocycles. The van der Waals surface area contributed by atoms with Gasteiger partial charge in [-0.3, -0.25) is 0 Å². The molecule has 5 heteroatoms. The third-order valence-electron chi connectivity index (χ3n) is 6.59. The summed E-state index contributed by atoms with van der Waals surface area (Å²) < 4.78 is 2.37. The van der Waals surface area contributed by atoms with Crippen molar-refractivity contribution in [2.24, 2.45) is 5.92 Å². The summed E-state index contributed by atoms with van der Waals surface area (Å²) in [6.45, 7) is 7.24. The topological polar surface area (TPSA) is 68.8 Å². The number of fused-ring (bicyclic) bond motifs is 3. The number of anilines is 1. The zero-order valence-corrected chi connectivity index (χ0v) is 19.2. The summed E-state index contributed by atoms with van der Waals surface area (Å²) in [4.78, 5) is 9.64. The first-order chi connectivity index (χ1) is 15.6.